The van der Waals surface area contributed by atoms with E-state index in [1.807, 2.05) is 4.90 Å². The number of amides is 1. The SMILES string of the molecule is CCC1c2ccsc2CCN1C(=O)C(C)N. The van der Waals surface area contributed by atoms with Crippen molar-refractivity contribution >= 4 is 17.2 Å². The molecule has 2 unspecified atom stereocenters. The van der Waals surface area contributed by atoms with Crippen molar-refractivity contribution in [2.24, 2.45) is 5.73 Å². The van der Waals surface area contributed by atoms with Crippen LogP contribution in [-0.2, 0) is 11.2 Å². The molecular formula is C12H18N2OS. The monoisotopic (exact) mass is 238 g/mol. The molecule has 88 valence electrons. The van der Waals surface area contributed by atoms with Gasteiger partial charge in [-0.05, 0) is 36.8 Å². The van der Waals surface area contributed by atoms with Crippen molar-refractivity contribution in [3.63, 3.8) is 0 Å². The van der Waals surface area contributed by atoms with E-state index in [2.05, 4.69) is 18.4 Å². The van der Waals surface area contributed by atoms with Crippen molar-refractivity contribution in [3.8, 4) is 0 Å². The van der Waals surface area contributed by atoms with Crippen molar-refractivity contribution in [3.05, 3.63) is 21.9 Å². The van der Waals surface area contributed by atoms with Crippen LogP contribution < -0.4 is 5.73 Å². The highest BCUT2D eigenvalue weighted by molar-refractivity contribution is 7.10. The van der Waals surface area contributed by atoms with Crippen molar-refractivity contribution in [1.82, 2.24) is 4.90 Å². The maximum Gasteiger partial charge on any atom is 0.239 e. The van der Waals surface area contributed by atoms with Crippen LogP contribution in [0.1, 0.15) is 36.8 Å². The van der Waals surface area contributed by atoms with Gasteiger partial charge in [0.05, 0.1) is 12.1 Å². The molecule has 1 aromatic heterocycles. The molecule has 2 heterocycles. The highest BCUT2D eigenvalue weighted by atomic mass is 32.1. The van der Waals surface area contributed by atoms with E-state index in [0.717, 1.165) is 19.4 Å². The summed E-state index contributed by atoms with van der Waals surface area (Å²) in [5.41, 5.74) is 7.02. The molecule has 1 aromatic rings. The second kappa shape index (κ2) is 4.55. The summed E-state index contributed by atoms with van der Waals surface area (Å²) in [5.74, 6) is 0.0729. The van der Waals surface area contributed by atoms with Crippen molar-refractivity contribution in [1.29, 1.82) is 0 Å². The Morgan fingerprint density at radius 3 is 3.12 bits per heavy atom. The lowest BCUT2D eigenvalue weighted by Crippen LogP contribution is -2.46. The normalized spacial score (nSPS) is 21.7. The molecule has 0 bridgehead atoms. The van der Waals surface area contributed by atoms with E-state index < -0.39 is 6.04 Å². The fourth-order valence-electron chi connectivity index (χ4n) is 2.36. The first-order valence-electron chi connectivity index (χ1n) is 5.77. The summed E-state index contributed by atoms with van der Waals surface area (Å²) in [6.45, 7) is 4.70. The lowest BCUT2D eigenvalue weighted by atomic mass is 9.97. The Morgan fingerprint density at radius 2 is 2.50 bits per heavy atom. The van der Waals surface area contributed by atoms with Crippen molar-refractivity contribution in [2.75, 3.05) is 6.54 Å². The summed E-state index contributed by atoms with van der Waals surface area (Å²) in [4.78, 5) is 15.4. The molecule has 0 spiro atoms. The van der Waals surface area contributed by atoms with Crippen LogP contribution >= 0.6 is 11.3 Å². The van der Waals surface area contributed by atoms with Gasteiger partial charge in [-0.1, -0.05) is 6.92 Å². The lowest BCUT2D eigenvalue weighted by molar-refractivity contribution is -0.135. The van der Waals surface area contributed by atoms with Crippen LogP contribution in [-0.4, -0.2) is 23.4 Å². The molecule has 2 N–H and O–H groups in total. The summed E-state index contributed by atoms with van der Waals surface area (Å²) >= 11 is 1.80. The highest BCUT2D eigenvalue weighted by Gasteiger charge is 2.31. The van der Waals surface area contributed by atoms with Gasteiger partial charge in [-0.3, -0.25) is 4.79 Å². The molecule has 16 heavy (non-hydrogen) atoms. The number of carbonyl (C=O) groups excluding carboxylic acids is 1. The number of thiophene rings is 1. The maximum atomic E-state index is 12.0. The quantitative estimate of drug-likeness (QED) is 0.855. The molecule has 4 heteroatoms. The molecular weight excluding hydrogens is 220 g/mol. The highest BCUT2D eigenvalue weighted by Crippen LogP contribution is 2.35. The van der Waals surface area contributed by atoms with E-state index >= 15 is 0 Å². The summed E-state index contributed by atoms with van der Waals surface area (Å²) in [5, 5.41) is 2.12. The van der Waals surface area contributed by atoms with Crippen LogP contribution in [0.4, 0.5) is 0 Å². The lowest BCUT2D eigenvalue weighted by Gasteiger charge is -2.36. The van der Waals surface area contributed by atoms with Gasteiger partial charge in [0.15, 0.2) is 0 Å². The zero-order valence-electron chi connectivity index (χ0n) is 9.77. The first-order chi connectivity index (χ1) is 7.65. The minimum atomic E-state index is -0.394. The van der Waals surface area contributed by atoms with Crippen LogP contribution in [0.15, 0.2) is 11.4 Å². The topological polar surface area (TPSA) is 46.3 Å². The van der Waals surface area contributed by atoms with E-state index in [4.69, 9.17) is 5.73 Å². The molecule has 1 aliphatic heterocycles. The third-order valence-corrected chi connectivity index (χ3v) is 4.15. The van der Waals surface area contributed by atoms with Gasteiger partial charge >= 0.3 is 0 Å². The van der Waals surface area contributed by atoms with Gasteiger partial charge in [-0.15, -0.1) is 11.3 Å². The fraction of sp³-hybridized carbons (Fsp3) is 0.583. The molecule has 2 atom stereocenters. The molecule has 0 aromatic carbocycles. The average Bonchev–Trinajstić information content (AvgIpc) is 2.74. The van der Waals surface area contributed by atoms with Crippen molar-refractivity contribution < 1.29 is 4.79 Å². The third-order valence-electron chi connectivity index (χ3n) is 3.15. The fourth-order valence-corrected chi connectivity index (χ4v) is 3.29. The van der Waals surface area contributed by atoms with Crippen LogP contribution in [0.5, 0.6) is 0 Å². The van der Waals surface area contributed by atoms with Crippen LogP contribution in [0.25, 0.3) is 0 Å². The third kappa shape index (κ3) is 1.87. The molecule has 0 radical (unpaired) electrons. The average molecular weight is 238 g/mol. The molecule has 0 aliphatic carbocycles. The molecule has 0 fully saturated rings. The summed E-state index contributed by atoms with van der Waals surface area (Å²) in [6, 6.07) is 1.98. The Morgan fingerprint density at radius 1 is 1.75 bits per heavy atom. The van der Waals surface area contributed by atoms with Gasteiger partial charge in [-0.2, -0.15) is 0 Å². The van der Waals surface area contributed by atoms with Gasteiger partial charge in [0.2, 0.25) is 5.91 Å². The number of hydrogen-bond donors (Lipinski definition) is 1. The Balaban J connectivity index is 2.27. The van der Waals surface area contributed by atoms with E-state index in [1.165, 1.54) is 10.4 Å². The summed E-state index contributed by atoms with van der Waals surface area (Å²) in [6.07, 6.45) is 1.93. The zero-order chi connectivity index (χ0) is 11.7. The largest absolute Gasteiger partial charge is 0.334 e. The standard InChI is InChI=1S/C12H18N2OS/c1-3-10-9-5-7-16-11(9)4-6-14(10)12(15)8(2)13/h5,7-8,10H,3-4,6,13H2,1-2H3. The minimum absolute atomic E-state index is 0.0729. The van der Waals surface area contributed by atoms with E-state index in [9.17, 15) is 4.79 Å². The Hall–Kier alpha value is -0.870. The smallest absolute Gasteiger partial charge is 0.239 e. The molecule has 2 rings (SSSR count). The predicted molar refractivity (Wildman–Crippen MR) is 66.4 cm³/mol. The van der Waals surface area contributed by atoms with Crippen LogP contribution in [0.2, 0.25) is 0 Å². The molecule has 1 aliphatic rings. The van der Waals surface area contributed by atoms with E-state index in [1.54, 1.807) is 18.3 Å². The van der Waals surface area contributed by atoms with Crippen LogP contribution in [0, 0.1) is 0 Å². The number of nitrogens with zero attached hydrogens (tertiary/aromatic N) is 1. The minimum Gasteiger partial charge on any atom is -0.334 e. The Labute approximate surface area is 100 Å². The number of rotatable bonds is 2. The molecule has 0 saturated carbocycles. The Bertz CT molecular complexity index is 386. The Kier molecular flexibility index (Phi) is 3.30. The second-order valence-electron chi connectivity index (χ2n) is 4.29. The van der Waals surface area contributed by atoms with Gasteiger partial charge in [0, 0.05) is 11.4 Å². The first kappa shape index (κ1) is 11.6. The molecule has 0 saturated heterocycles. The maximum absolute atomic E-state index is 12.0. The summed E-state index contributed by atoms with van der Waals surface area (Å²) < 4.78 is 0. The van der Waals surface area contributed by atoms with Crippen LogP contribution in [0.3, 0.4) is 0 Å². The van der Waals surface area contributed by atoms with Gasteiger partial charge in [0.1, 0.15) is 0 Å². The second-order valence-corrected chi connectivity index (χ2v) is 5.29. The van der Waals surface area contributed by atoms with Gasteiger partial charge < -0.3 is 10.6 Å². The molecule has 1 amide bonds. The molecule has 3 nitrogen and oxygen atoms in total. The summed E-state index contributed by atoms with van der Waals surface area (Å²) in [7, 11) is 0. The number of fused-ring (bicyclic) bond motifs is 1. The van der Waals surface area contributed by atoms with E-state index in [-0.39, 0.29) is 11.9 Å². The van der Waals surface area contributed by atoms with Gasteiger partial charge in [0.25, 0.3) is 0 Å². The van der Waals surface area contributed by atoms with E-state index in [0.29, 0.717) is 0 Å². The first-order valence-corrected chi connectivity index (χ1v) is 6.65. The zero-order valence-corrected chi connectivity index (χ0v) is 10.6. The van der Waals surface area contributed by atoms with Gasteiger partial charge in [-0.25, -0.2) is 0 Å². The predicted octanol–water partition coefficient (Wildman–Crippen LogP) is 1.93. The van der Waals surface area contributed by atoms with Crippen molar-refractivity contribution in [2.45, 2.75) is 38.8 Å². The number of hydrogen-bond acceptors (Lipinski definition) is 3. The number of carbonyl (C=O) groups is 1. The number of nitrogens with two attached hydrogens (primary N) is 1.